The second-order valence-corrected chi connectivity index (χ2v) is 5.20. The molecular weight excluding hydrogens is 322 g/mol. The summed E-state index contributed by atoms with van der Waals surface area (Å²) >= 11 is 3.35. The van der Waals surface area contributed by atoms with Gasteiger partial charge in [-0.15, -0.1) is 0 Å². The van der Waals surface area contributed by atoms with Crippen LogP contribution in [0.4, 0.5) is 5.69 Å². The molecule has 20 heavy (non-hydrogen) atoms. The lowest BCUT2D eigenvalue weighted by Gasteiger charge is -2.15. The quantitative estimate of drug-likeness (QED) is 0.878. The van der Waals surface area contributed by atoms with E-state index in [-0.39, 0.29) is 24.2 Å². The Hall–Kier alpha value is -2.21. The standard InChI is InChI=1S/C14H10BrN3O2/c15-9-3-5-10(6-4-9)17-8-18-13(19)11-2-1-7-16-12(11)14(18)20/h1-7,17H,8H2. The average molecular weight is 332 g/mol. The molecule has 0 atom stereocenters. The average Bonchev–Trinajstić information content (AvgIpc) is 2.71. The lowest BCUT2D eigenvalue weighted by atomic mass is 10.2. The monoisotopic (exact) mass is 331 g/mol. The number of pyridine rings is 1. The number of nitrogens with one attached hydrogen (secondary N) is 1. The lowest BCUT2D eigenvalue weighted by Crippen LogP contribution is -2.34. The summed E-state index contributed by atoms with van der Waals surface area (Å²) in [5.74, 6) is -0.682. The molecule has 1 aliphatic rings. The lowest BCUT2D eigenvalue weighted by molar-refractivity contribution is 0.0664. The number of rotatable bonds is 3. The van der Waals surface area contributed by atoms with E-state index in [0.29, 0.717) is 5.56 Å². The highest BCUT2D eigenvalue weighted by molar-refractivity contribution is 9.10. The number of anilines is 1. The van der Waals surface area contributed by atoms with E-state index in [9.17, 15) is 9.59 Å². The minimum absolute atomic E-state index is 0.121. The minimum Gasteiger partial charge on any atom is -0.367 e. The number of imide groups is 1. The molecule has 1 aromatic heterocycles. The fourth-order valence-corrected chi connectivity index (χ4v) is 2.26. The number of halogens is 1. The Labute approximate surface area is 123 Å². The van der Waals surface area contributed by atoms with Crippen molar-refractivity contribution < 1.29 is 9.59 Å². The van der Waals surface area contributed by atoms with Crippen LogP contribution in [0.15, 0.2) is 47.1 Å². The Morgan fingerprint density at radius 2 is 1.85 bits per heavy atom. The molecule has 0 unspecified atom stereocenters. The van der Waals surface area contributed by atoms with Gasteiger partial charge in [0.15, 0.2) is 0 Å². The second-order valence-electron chi connectivity index (χ2n) is 4.28. The SMILES string of the molecule is O=C1c2cccnc2C(=O)N1CNc1ccc(Br)cc1. The van der Waals surface area contributed by atoms with Crippen molar-refractivity contribution in [2.45, 2.75) is 0 Å². The number of benzene rings is 1. The van der Waals surface area contributed by atoms with Crippen LogP contribution in [0.2, 0.25) is 0 Å². The van der Waals surface area contributed by atoms with Gasteiger partial charge in [0.2, 0.25) is 0 Å². The Morgan fingerprint density at radius 3 is 2.55 bits per heavy atom. The summed E-state index contributed by atoms with van der Waals surface area (Å²) in [6.07, 6.45) is 1.51. The van der Waals surface area contributed by atoms with Crippen molar-refractivity contribution in [3.63, 3.8) is 0 Å². The predicted octanol–water partition coefficient (Wildman–Crippen LogP) is 2.51. The van der Waals surface area contributed by atoms with Crippen LogP contribution in [0.25, 0.3) is 0 Å². The van der Waals surface area contributed by atoms with Gasteiger partial charge in [-0.25, -0.2) is 0 Å². The van der Waals surface area contributed by atoms with Crippen molar-refractivity contribution in [1.29, 1.82) is 0 Å². The zero-order valence-electron chi connectivity index (χ0n) is 10.3. The third-order valence-electron chi connectivity index (χ3n) is 3.02. The largest absolute Gasteiger partial charge is 0.367 e. The Kier molecular flexibility index (Phi) is 3.23. The van der Waals surface area contributed by atoms with Gasteiger partial charge in [0.25, 0.3) is 11.8 Å². The summed E-state index contributed by atoms with van der Waals surface area (Å²) < 4.78 is 0.966. The maximum atomic E-state index is 12.1. The van der Waals surface area contributed by atoms with Crippen LogP contribution in [0, 0.1) is 0 Å². The van der Waals surface area contributed by atoms with Crippen molar-refractivity contribution in [3.8, 4) is 0 Å². The number of fused-ring (bicyclic) bond motifs is 1. The molecule has 0 saturated carbocycles. The van der Waals surface area contributed by atoms with Gasteiger partial charge in [-0.05, 0) is 36.4 Å². The van der Waals surface area contributed by atoms with Crippen LogP contribution in [0.1, 0.15) is 20.8 Å². The third-order valence-corrected chi connectivity index (χ3v) is 3.55. The van der Waals surface area contributed by atoms with Crippen molar-refractivity contribution in [2.24, 2.45) is 0 Å². The molecule has 2 amide bonds. The van der Waals surface area contributed by atoms with Gasteiger partial charge in [0.05, 0.1) is 12.2 Å². The van der Waals surface area contributed by atoms with Crippen LogP contribution >= 0.6 is 15.9 Å². The van der Waals surface area contributed by atoms with Crippen LogP contribution < -0.4 is 5.32 Å². The number of amides is 2. The number of carbonyl (C=O) groups excluding carboxylic acids is 2. The van der Waals surface area contributed by atoms with E-state index in [1.807, 2.05) is 24.3 Å². The predicted molar refractivity (Wildman–Crippen MR) is 77.4 cm³/mol. The maximum absolute atomic E-state index is 12.1. The van der Waals surface area contributed by atoms with E-state index in [0.717, 1.165) is 15.1 Å². The molecule has 100 valence electrons. The van der Waals surface area contributed by atoms with Crippen LogP contribution in [0.3, 0.4) is 0 Å². The molecule has 3 rings (SSSR count). The summed E-state index contributed by atoms with van der Waals surface area (Å²) in [5.41, 5.74) is 1.41. The molecule has 1 aliphatic heterocycles. The fourth-order valence-electron chi connectivity index (χ4n) is 2.00. The van der Waals surface area contributed by atoms with Gasteiger partial charge in [0.1, 0.15) is 5.69 Å². The van der Waals surface area contributed by atoms with Gasteiger partial charge >= 0.3 is 0 Å². The van der Waals surface area contributed by atoms with Crippen molar-refractivity contribution >= 4 is 33.4 Å². The molecule has 1 N–H and O–H groups in total. The minimum atomic E-state index is -0.366. The first kappa shape index (κ1) is 12.8. The highest BCUT2D eigenvalue weighted by Gasteiger charge is 2.36. The molecule has 1 aromatic carbocycles. The highest BCUT2D eigenvalue weighted by Crippen LogP contribution is 2.20. The van der Waals surface area contributed by atoms with Crippen LogP contribution in [0.5, 0.6) is 0 Å². The van der Waals surface area contributed by atoms with E-state index in [1.54, 1.807) is 12.1 Å². The van der Waals surface area contributed by atoms with Crippen molar-refractivity contribution in [1.82, 2.24) is 9.88 Å². The van der Waals surface area contributed by atoms with Gasteiger partial charge in [0, 0.05) is 16.4 Å². The van der Waals surface area contributed by atoms with E-state index >= 15 is 0 Å². The molecule has 6 heteroatoms. The van der Waals surface area contributed by atoms with Crippen LogP contribution in [-0.2, 0) is 0 Å². The Balaban J connectivity index is 1.75. The molecule has 0 radical (unpaired) electrons. The van der Waals surface area contributed by atoms with Gasteiger partial charge in [-0.1, -0.05) is 15.9 Å². The van der Waals surface area contributed by atoms with Gasteiger partial charge in [-0.3, -0.25) is 19.5 Å². The summed E-state index contributed by atoms with van der Waals surface area (Å²) in [4.78, 5) is 29.3. The molecule has 2 aromatic rings. The number of hydrogen-bond acceptors (Lipinski definition) is 4. The number of aromatic nitrogens is 1. The van der Waals surface area contributed by atoms with Crippen molar-refractivity contribution in [3.05, 3.63) is 58.3 Å². The fraction of sp³-hybridized carbons (Fsp3) is 0.0714. The van der Waals surface area contributed by atoms with Gasteiger partial charge in [-0.2, -0.15) is 0 Å². The van der Waals surface area contributed by atoms with E-state index < -0.39 is 0 Å². The molecule has 0 fully saturated rings. The molecule has 0 bridgehead atoms. The Bertz CT molecular complexity index is 650. The second kappa shape index (κ2) is 5.05. The topological polar surface area (TPSA) is 62.3 Å². The number of hydrogen-bond donors (Lipinski definition) is 1. The third kappa shape index (κ3) is 2.18. The number of nitrogens with zero attached hydrogens (tertiary/aromatic N) is 2. The summed E-state index contributed by atoms with van der Waals surface area (Å²) in [7, 11) is 0. The van der Waals surface area contributed by atoms with Crippen LogP contribution in [-0.4, -0.2) is 28.4 Å². The molecule has 0 saturated heterocycles. The summed E-state index contributed by atoms with van der Waals surface area (Å²) in [5, 5.41) is 3.05. The zero-order chi connectivity index (χ0) is 14.1. The van der Waals surface area contributed by atoms with Crippen molar-refractivity contribution in [2.75, 3.05) is 12.0 Å². The first-order chi connectivity index (χ1) is 9.66. The summed E-state index contributed by atoms with van der Waals surface area (Å²) in [6, 6.07) is 10.7. The molecule has 0 spiro atoms. The highest BCUT2D eigenvalue weighted by atomic mass is 79.9. The first-order valence-corrected chi connectivity index (χ1v) is 6.77. The normalized spacial score (nSPS) is 13.6. The first-order valence-electron chi connectivity index (χ1n) is 5.97. The number of carbonyl (C=O) groups is 2. The summed E-state index contributed by atoms with van der Waals surface area (Å²) in [6.45, 7) is 0.121. The smallest absolute Gasteiger partial charge is 0.281 e. The zero-order valence-corrected chi connectivity index (χ0v) is 11.9. The molecule has 2 heterocycles. The molecular formula is C14H10BrN3O2. The van der Waals surface area contributed by atoms with E-state index in [1.165, 1.54) is 6.20 Å². The molecule has 5 nitrogen and oxygen atoms in total. The maximum Gasteiger partial charge on any atom is 0.281 e. The van der Waals surface area contributed by atoms with E-state index in [2.05, 4.69) is 26.2 Å². The van der Waals surface area contributed by atoms with Gasteiger partial charge < -0.3 is 5.32 Å². The van der Waals surface area contributed by atoms with E-state index in [4.69, 9.17) is 0 Å². The molecule has 0 aliphatic carbocycles. The Morgan fingerprint density at radius 1 is 1.10 bits per heavy atom.